The Balaban J connectivity index is 1.59. The van der Waals surface area contributed by atoms with Gasteiger partial charge < -0.3 is 9.80 Å². The SMILES string of the molecule is CC(=C/c1ccccc1)/C=C1\SC(=S)N(CCC(=O)N2CCN(C)CC2)C1=O. The van der Waals surface area contributed by atoms with Crippen molar-refractivity contribution in [3.63, 3.8) is 0 Å². The van der Waals surface area contributed by atoms with Crippen molar-refractivity contribution in [2.75, 3.05) is 39.8 Å². The summed E-state index contributed by atoms with van der Waals surface area (Å²) in [7, 11) is 2.06. The fourth-order valence-corrected chi connectivity index (χ4v) is 4.53. The lowest BCUT2D eigenvalue weighted by atomic mass is 10.1. The number of carbonyl (C=O) groups excluding carboxylic acids is 2. The molecule has 0 aromatic heterocycles. The smallest absolute Gasteiger partial charge is 0.266 e. The third kappa shape index (κ3) is 5.31. The van der Waals surface area contributed by atoms with E-state index < -0.39 is 0 Å². The van der Waals surface area contributed by atoms with Crippen LogP contribution in [0.3, 0.4) is 0 Å². The Labute approximate surface area is 176 Å². The number of allylic oxidation sites excluding steroid dienone is 2. The summed E-state index contributed by atoms with van der Waals surface area (Å²) in [5.41, 5.74) is 2.07. The van der Waals surface area contributed by atoms with Crippen LogP contribution in [0.1, 0.15) is 18.9 Å². The molecule has 0 atom stereocenters. The molecule has 1 aromatic rings. The summed E-state index contributed by atoms with van der Waals surface area (Å²) in [6, 6.07) is 9.98. The normalized spacial score (nSPS) is 20.4. The van der Waals surface area contributed by atoms with Gasteiger partial charge in [0.2, 0.25) is 5.91 Å². The van der Waals surface area contributed by atoms with Gasteiger partial charge in [-0.3, -0.25) is 14.5 Å². The molecule has 28 heavy (non-hydrogen) atoms. The van der Waals surface area contributed by atoms with Crippen LogP contribution in [-0.2, 0) is 9.59 Å². The average molecular weight is 416 g/mol. The lowest BCUT2D eigenvalue weighted by Crippen LogP contribution is -2.47. The maximum absolute atomic E-state index is 12.7. The molecule has 5 nitrogen and oxygen atoms in total. The van der Waals surface area contributed by atoms with Gasteiger partial charge in [0.25, 0.3) is 5.91 Å². The molecule has 2 saturated heterocycles. The molecule has 148 valence electrons. The maximum Gasteiger partial charge on any atom is 0.266 e. The van der Waals surface area contributed by atoms with Gasteiger partial charge >= 0.3 is 0 Å². The zero-order chi connectivity index (χ0) is 20.1. The number of nitrogens with zero attached hydrogens (tertiary/aromatic N) is 3. The Kier molecular flexibility index (Phi) is 7.04. The first-order chi connectivity index (χ1) is 13.4. The summed E-state index contributed by atoms with van der Waals surface area (Å²) in [5, 5.41) is 0. The van der Waals surface area contributed by atoms with Crippen molar-refractivity contribution in [2.45, 2.75) is 13.3 Å². The summed E-state index contributed by atoms with van der Waals surface area (Å²) in [6.45, 7) is 5.59. The number of thioether (sulfide) groups is 1. The van der Waals surface area contributed by atoms with Crippen LogP contribution in [0.2, 0.25) is 0 Å². The van der Waals surface area contributed by atoms with Crippen molar-refractivity contribution in [1.29, 1.82) is 0 Å². The number of benzene rings is 1. The third-order valence-corrected chi connectivity index (χ3v) is 6.21. The molecule has 0 spiro atoms. The predicted molar refractivity (Wildman–Crippen MR) is 119 cm³/mol. The van der Waals surface area contributed by atoms with E-state index in [2.05, 4.69) is 11.9 Å². The van der Waals surface area contributed by atoms with Crippen LogP contribution in [0.5, 0.6) is 0 Å². The monoisotopic (exact) mass is 415 g/mol. The molecular weight excluding hydrogens is 390 g/mol. The molecule has 2 aliphatic rings. The number of thiocarbonyl (C=S) groups is 1. The number of hydrogen-bond acceptors (Lipinski definition) is 5. The highest BCUT2D eigenvalue weighted by atomic mass is 32.2. The van der Waals surface area contributed by atoms with Crippen LogP contribution in [-0.4, -0.2) is 70.6 Å². The summed E-state index contributed by atoms with van der Waals surface area (Å²) in [6.07, 6.45) is 4.21. The third-order valence-electron chi connectivity index (χ3n) is 4.83. The van der Waals surface area contributed by atoms with Gasteiger partial charge in [0.15, 0.2) is 0 Å². The second-order valence-electron chi connectivity index (χ2n) is 7.07. The second kappa shape index (κ2) is 9.49. The van der Waals surface area contributed by atoms with E-state index in [0.717, 1.165) is 37.3 Å². The molecule has 0 aliphatic carbocycles. The number of hydrogen-bond donors (Lipinski definition) is 0. The Hall–Kier alpha value is -1.96. The molecule has 0 N–H and O–H groups in total. The Bertz CT molecular complexity index is 812. The molecule has 0 radical (unpaired) electrons. The molecule has 0 saturated carbocycles. The Morgan fingerprint density at radius 2 is 1.86 bits per heavy atom. The predicted octanol–water partition coefficient (Wildman–Crippen LogP) is 3.00. The zero-order valence-corrected chi connectivity index (χ0v) is 17.9. The van der Waals surface area contributed by atoms with Gasteiger partial charge in [-0.05, 0) is 31.2 Å². The standard InChI is InChI=1S/C21H25N3O2S2/c1-16(14-17-6-4-3-5-7-17)15-18-20(26)24(21(27)28-18)9-8-19(25)23-12-10-22(2)11-13-23/h3-7,14-15H,8-13H2,1-2H3/b16-14-,18-15-. The average Bonchev–Trinajstić information content (AvgIpc) is 2.94. The van der Waals surface area contributed by atoms with Gasteiger partial charge in [0.05, 0.1) is 4.91 Å². The van der Waals surface area contributed by atoms with Crippen molar-refractivity contribution >= 4 is 46.2 Å². The van der Waals surface area contributed by atoms with Crippen LogP contribution >= 0.6 is 24.0 Å². The quantitative estimate of drug-likeness (QED) is 0.546. The highest BCUT2D eigenvalue weighted by Crippen LogP contribution is 2.32. The number of likely N-dealkylation sites (N-methyl/N-ethyl adjacent to an activating group) is 1. The van der Waals surface area contributed by atoms with Gasteiger partial charge in [-0.1, -0.05) is 60.4 Å². The van der Waals surface area contributed by atoms with E-state index in [1.54, 1.807) is 4.90 Å². The van der Waals surface area contributed by atoms with Crippen LogP contribution in [0.15, 0.2) is 46.9 Å². The Morgan fingerprint density at radius 3 is 2.54 bits per heavy atom. The first kappa shape index (κ1) is 20.8. The zero-order valence-electron chi connectivity index (χ0n) is 16.3. The van der Waals surface area contributed by atoms with E-state index in [9.17, 15) is 9.59 Å². The largest absolute Gasteiger partial charge is 0.340 e. The lowest BCUT2D eigenvalue weighted by Gasteiger charge is -2.32. The van der Waals surface area contributed by atoms with Gasteiger partial charge in [-0.2, -0.15) is 0 Å². The van der Waals surface area contributed by atoms with E-state index in [-0.39, 0.29) is 11.8 Å². The van der Waals surface area contributed by atoms with E-state index >= 15 is 0 Å². The van der Waals surface area contributed by atoms with Gasteiger partial charge in [0, 0.05) is 39.1 Å². The molecule has 0 unspecified atom stereocenters. The van der Waals surface area contributed by atoms with Gasteiger partial charge in [-0.25, -0.2) is 0 Å². The molecule has 2 aliphatic heterocycles. The maximum atomic E-state index is 12.7. The van der Waals surface area contributed by atoms with Crippen molar-refractivity contribution < 1.29 is 9.59 Å². The molecule has 3 rings (SSSR count). The highest BCUT2D eigenvalue weighted by molar-refractivity contribution is 8.26. The molecule has 2 amide bonds. The first-order valence-corrected chi connectivity index (χ1v) is 10.6. The summed E-state index contributed by atoms with van der Waals surface area (Å²) < 4.78 is 0.523. The molecule has 2 fully saturated rings. The minimum absolute atomic E-state index is 0.0892. The van der Waals surface area contributed by atoms with Crippen molar-refractivity contribution in [2.24, 2.45) is 0 Å². The van der Waals surface area contributed by atoms with E-state index in [1.165, 1.54) is 11.8 Å². The van der Waals surface area contributed by atoms with Crippen molar-refractivity contribution in [3.05, 3.63) is 52.4 Å². The number of carbonyl (C=O) groups is 2. The van der Waals surface area contributed by atoms with E-state index in [0.29, 0.717) is 22.2 Å². The van der Waals surface area contributed by atoms with E-state index in [1.807, 2.05) is 54.3 Å². The fraction of sp³-hybridized carbons (Fsp3) is 0.381. The summed E-state index contributed by atoms with van der Waals surface area (Å²) in [5.74, 6) is -0.0201. The van der Waals surface area contributed by atoms with Crippen LogP contribution in [0.4, 0.5) is 0 Å². The molecule has 1 aromatic carbocycles. The van der Waals surface area contributed by atoms with E-state index in [4.69, 9.17) is 12.2 Å². The number of rotatable bonds is 5. The molecule has 7 heteroatoms. The fourth-order valence-electron chi connectivity index (χ4n) is 3.17. The van der Waals surface area contributed by atoms with Gasteiger partial charge in [0.1, 0.15) is 4.32 Å². The highest BCUT2D eigenvalue weighted by Gasteiger charge is 2.32. The molecule has 0 bridgehead atoms. The number of amides is 2. The summed E-state index contributed by atoms with van der Waals surface area (Å²) >= 11 is 6.68. The van der Waals surface area contributed by atoms with Gasteiger partial charge in [-0.15, -0.1) is 0 Å². The second-order valence-corrected chi connectivity index (χ2v) is 8.74. The van der Waals surface area contributed by atoms with Crippen molar-refractivity contribution in [3.8, 4) is 0 Å². The minimum atomic E-state index is -0.109. The minimum Gasteiger partial charge on any atom is -0.340 e. The van der Waals surface area contributed by atoms with Crippen molar-refractivity contribution in [1.82, 2.24) is 14.7 Å². The van der Waals surface area contributed by atoms with Crippen LogP contribution in [0.25, 0.3) is 6.08 Å². The topological polar surface area (TPSA) is 43.9 Å². The van der Waals surface area contributed by atoms with Crippen LogP contribution < -0.4 is 0 Å². The Morgan fingerprint density at radius 1 is 1.18 bits per heavy atom. The van der Waals surface area contributed by atoms with Crippen LogP contribution in [0, 0.1) is 0 Å². The first-order valence-electron chi connectivity index (χ1n) is 9.39. The molecule has 2 heterocycles. The molecular formula is C21H25N3O2S2. The number of piperazine rings is 1. The lowest BCUT2D eigenvalue weighted by molar-refractivity contribution is -0.133. The summed E-state index contributed by atoms with van der Waals surface area (Å²) in [4.78, 5) is 31.4.